The Hall–Kier alpha value is -2.17. The number of amides is 1. The van der Waals surface area contributed by atoms with Crippen molar-refractivity contribution in [1.82, 2.24) is 15.1 Å². The van der Waals surface area contributed by atoms with Gasteiger partial charge in [-0.15, -0.1) is 24.0 Å². The predicted molar refractivity (Wildman–Crippen MR) is 113 cm³/mol. The Morgan fingerprint density at radius 1 is 1.14 bits per heavy atom. The molecule has 0 unspecified atom stereocenters. The van der Waals surface area contributed by atoms with E-state index in [0.717, 1.165) is 6.07 Å². The Bertz CT molecular complexity index is 786. The van der Waals surface area contributed by atoms with Crippen LogP contribution in [-0.2, 0) is 6.42 Å². The van der Waals surface area contributed by atoms with Gasteiger partial charge in [-0.1, -0.05) is 0 Å². The van der Waals surface area contributed by atoms with Gasteiger partial charge in [0.1, 0.15) is 11.6 Å². The molecule has 3 rings (SSSR count). The molecule has 2 heterocycles. The van der Waals surface area contributed by atoms with E-state index in [9.17, 15) is 13.6 Å². The third-order valence-electron chi connectivity index (χ3n) is 4.43. The lowest BCUT2D eigenvalue weighted by molar-refractivity contribution is 0.0658. The molecule has 28 heavy (non-hydrogen) atoms. The van der Waals surface area contributed by atoms with Gasteiger partial charge < -0.3 is 19.5 Å². The van der Waals surface area contributed by atoms with E-state index in [1.54, 1.807) is 24.1 Å². The molecule has 1 aliphatic heterocycles. The zero-order valence-corrected chi connectivity index (χ0v) is 17.9. The van der Waals surface area contributed by atoms with Crippen molar-refractivity contribution < 1.29 is 18.0 Å². The first-order valence-electron chi connectivity index (χ1n) is 8.80. The molecule has 2 aromatic rings. The van der Waals surface area contributed by atoms with Gasteiger partial charge in [0.15, 0.2) is 11.7 Å². The van der Waals surface area contributed by atoms with E-state index in [0.29, 0.717) is 56.4 Å². The molecule has 0 saturated carbocycles. The Balaban J connectivity index is 0.00000280. The van der Waals surface area contributed by atoms with Gasteiger partial charge in [0.2, 0.25) is 0 Å². The smallest absolute Gasteiger partial charge is 0.289 e. The molecular formula is C19H23F2IN4O2. The molecule has 6 nitrogen and oxygen atoms in total. The monoisotopic (exact) mass is 504 g/mol. The molecule has 0 bridgehead atoms. The number of benzene rings is 1. The van der Waals surface area contributed by atoms with Crippen molar-refractivity contribution in [2.24, 2.45) is 4.99 Å². The van der Waals surface area contributed by atoms with Crippen molar-refractivity contribution in [3.8, 4) is 0 Å². The van der Waals surface area contributed by atoms with E-state index in [1.165, 1.54) is 18.4 Å². The van der Waals surface area contributed by atoms with E-state index in [-0.39, 0.29) is 29.9 Å². The summed E-state index contributed by atoms with van der Waals surface area (Å²) in [6.45, 7) is 2.91. The molecule has 0 aliphatic carbocycles. The molecule has 1 amide bonds. The second kappa shape index (κ2) is 10.4. The van der Waals surface area contributed by atoms with E-state index < -0.39 is 11.6 Å². The maximum absolute atomic E-state index is 13.2. The molecule has 0 atom stereocenters. The first-order valence-corrected chi connectivity index (χ1v) is 8.80. The van der Waals surface area contributed by atoms with Gasteiger partial charge in [0.25, 0.3) is 5.91 Å². The minimum Gasteiger partial charge on any atom is -0.459 e. The van der Waals surface area contributed by atoms with Crippen LogP contribution >= 0.6 is 24.0 Å². The van der Waals surface area contributed by atoms with Gasteiger partial charge >= 0.3 is 0 Å². The first-order chi connectivity index (χ1) is 13.1. The van der Waals surface area contributed by atoms with Crippen molar-refractivity contribution in [2.75, 3.05) is 39.8 Å². The van der Waals surface area contributed by atoms with Crippen LogP contribution in [-0.4, -0.2) is 61.4 Å². The molecular weight excluding hydrogens is 481 g/mol. The summed E-state index contributed by atoms with van der Waals surface area (Å²) in [5, 5.41) is 3.21. The van der Waals surface area contributed by atoms with Crippen LogP contribution in [0.15, 0.2) is 46.0 Å². The molecule has 1 fully saturated rings. The van der Waals surface area contributed by atoms with Crippen molar-refractivity contribution >= 4 is 35.8 Å². The quantitative estimate of drug-likeness (QED) is 0.396. The molecule has 152 valence electrons. The number of furan rings is 1. The maximum atomic E-state index is 13.2. The highest BCUT2D eigenvalue weighted by molar-refractivity contribution is 14.0. The number of nitrogens with zero attached hydrogens (tertiary/aromatic N) is 3. The SMILES string of the molecule is CN=C(NCCc1cc(F)cc(F)c1)N1CCN(C(=O)c2ccco2)CC1.I. The topological polar surface area (TPSA) is 61.1 Å². The van der Waals surface area contributed by atoms with Crippen molar-refractivity contribution in [3.05, 3.63) is 59.6 Å². The summed E-state index contributed by atoms with van der Waals surface area (Å²) >= 11 is 0. The number of nitrogens with one attached hydrogen (secondary N) is 1. The molecule has 1 N–H and O–H groups in total. The zero-order chi connectivity index (χ0) is 19.2. The number of halogens is 3. The van der Waals surface area contributed by atoms with Crippen molar-refractivity contribution in [3.63, 3.8) is 0 Å². The summed E-state index contributed by atoms with van der Waals surface area (Å²) in [5.41, 5.74) is 0.587. The number of aliphatic imine (C=N–C) groups is 1. The highest BCUT2D eigenvalue weighted by Crippen LogP contribution is 2.10. The lowest BCUT2D eigenvalue weighted by Gasteiger charge is -2.36. The van der Waals surface area contributed by atoms with Crippen LogP contribution in [0.3, 0.4) is 0 Å². The summed E-state index contributed by atoms with van der Waals surface area (Å²) in [7, 11) is 1.69. The van der Waals surface area contributed by atoms with Crippen molar-refractivity contribution in [2.45, 2.75) is 6.42 Å². The van der Waals surface area contributed by atoms with Crippen molar-refractivity contribution in [1.29, 1.82) is 0 Å². The average Bonchev–Trinajstić information content (AvgIpc) is 3.19. The Labute approximate surface area is 179 Å². The second-order valence-electron chi connectivity index (χ2n) is 6.26. The molecule has 0 radical (unpaired) electrons. The highest BCUT2D eigenvalue weighted by Gasteiger charge is 2.25. The number of carbonyl (C=O) groups excluding carboxylic acids is 1. The highest BCUT2D eigenvalue weighted by atomic mass is 127. The largest absolute Gasteiger partial charge is 0.459 e. The number of piperazine rings is 1. The second-order valence-corrected chi connectivity index (χ2v) is 6.26. The number of guanidine groups is 1. The third kappa shape index (κ3) is 5.66. The first kappa shape index (κ1) is 22.1. The average molecular weight is 504 g/mol. The minimum atomic E-state index is -0.577. The number of carbonyl (C=O) groups is 1. The van der Waals surface area contributed by atoms with Crippen LogP contribution in [0.4, 0.5) is 8.78 Å². The summed E-state index contributed by atoms with van der Waals surface area (Å²) in [6.07, 6.45) is 1.96. The molecule has 0 spiro atoms. The van der Waals surface area contributed by atoms with Gasteiger partial charge in [-0.2, -0.15) is 0 Å². The fourth-order valence-electron chi connectivity index (χ4n) is 3.08. The maximum Gasteiger partial charge on any atom is 0.289 e. The van der Waals surface area contributed by atoms with Crippen LogP contribution in [0.2, 0.25) is 0 Å². The summed E-state index contributed by atoms with van der Waals surface area (Å²) < 4.78 is 31.6. The fourth-order valence-corrected chi connectivity index (χ4v) is 3.08. The molecule has 1 aliphatic rings. The van der Waals surface area contributed by atoms with Gasteiger partial charge in [0.05, 0.1) is 6.26 Å². The fraction of sp³-hybridized carbons (Fsp3) is 0.368. The van der Waals surface area contributed by atoms with E-state index >= 15 is 0 Å². The van der Waals surface area contributed by atoms with Crippen LogP contribution < -0.4 is 5.32 Å². The zero-order valence-electron chi connectivity index (χ0n) is 15.5. The van der Waals surface area contributed by atoms with Crippen LogP contribution in [0, 0.1) is 11.6 Å². The van der Waals surface area contributed by atoms with Gasteiger partial charge in [-0.25, -0.2) is 8.78 Å². The third-order valence-corrected chi connectivity index (χ3v) is 4.43. The standard InChI is InChI=1S/C19H22F2N4O2.HI/c1-22-19(23-5-4-14-11-15(20)13-16(21)12-14)25-8-6-24(7-9-25)18(26)17-3-2-10-27-17;/h2-3,10-13H,4-9H2,1H3,(H,22,23);1H. The van der Waals surface area contributed by atoms with Gasteiger partial charge in [-0.3, -0.25) is 9.79 Å². The van der Waals surface area contributed by atoms with E-state index in [1.807, 2.05) is 0 Å². The van der Waals surface area contributed by atoms with Crippen LogP contribution in [0.25, 0.3) is 0 Å². The van der Waals surface area contributed by atoms with Gasteiger partial charge in [-0.05, 0) is 36.2 Å². The molecule has 1 aromatic heterocycles. The Morgan fingerprint density at radius 3 is 2.36 bits per heavy atom. The summed E-state index contributed by atoms with van der Waals surface area (Å²) in [5.74, 6) is -0.223. The Kier molecular flexibility index (Phi) is 8.21. The summed E-state index contributed by atoms with van der Waals surface area (Å²) in [4.78, 5) is 20.4. The Morgan fingerprint density at radius 2 is 1.79 bits per heavy atom. The van der Waals surface area contributed by atoms with Crippen LogP contribution in [0.1, 0.15) is 16.1 Å². The van der Waals surface area contributed by atoms with E-state index in [2.05, 4.69) is 15.2 Å². The summed E-state index contributed by atoms with van der Waals surface area (Å²) in [6, 6.07) is 6.86. The predicted octanol–water partition coefficient (Wildman–Crippen LogP) is 2.75. The lowest BCUT2D eigenvalue weighted by atomic mass is 10.1. The normalized spacial score (nSPS) is 14.6. The number of rotatable bonds is 4. The minimum absolute atomic E-state index is 0. The number of hydrogen-bond acceptors (Lipinski definition) is 3. The molecule has 1 aromatic carbocycles. The lowest BCUT2D eigenvalue weighted by Crippen LogP contribution is -2.54. The van der Waals surface area contributed by atoms with Crippen LogP contribution in [0.5, 0.6) is 0 Å². The molecule has 1 saturated heterocycles. The number of hydrogen-bond donors (Lipinski definition) is 1. The van der Waals surface area contributed by atoms with E-state index in [4.69, 9.17) is 4.42 Å². The molecule has 9 heteroatoms. The van der Waals surface area contributed by atoms with Gasteiger partial charge in [0, 0.05) is 45.8 Å².